The Morgan fingerprint density at radius 1 is 1.06 bits per heavy atom. The summed E-state index contributed by atoms with van der Waals surface area (Å²) in [6, 6.07) is 14.9. The molecule has 0 aromatic heterocycles. The van der Waals surface area contributed by atoms with Gasteiger partial charge in [-0.25, -0.2) is 0 Å². The summed E-state index contributed by atoms with van der Waals surface area (Å²) >= 11 is 0. The minimum atomic E-state index is 0.362. The van der Waals surface area contributed by atoms with Gasteiger partial charge in [0.1, 0.15) is 5.75 Å². The van der Waals surface area contributed by atoms with Gasteiger partial charge in [0.05, 0.1) is 0 Å². The second-order valence-electron chi connectivity index (χ2n) is 4.20. The van der Waals surface area contributed by atoms with Gasteiger partial charge in [0.2, 0.25) is 0 Å². The van der Waals surface area contributed by atoms with Gasteiger partial charge in [-0.15, -0.1) is 0 Å². The van der Waals surface area contributed by atoms with Crippen molar-refractivity contribution in [2.24, 2.45) is 0 Å². The zero-order valence-corrected chi connectivity index (χ0v) is 9.62. The molecule has 0 fully saturated rings. The van der Waals surface area contributed by atoms with Crippen LogP contribution in [-0.4, -0.2) is 5.11 Å². The molecule has 2 aromatic rings. The average Bonchev–Trinajstić information content (AvgIpc) is 2.24. The van der Waals surface area contributed by atoms with Crippen molar-refractivity contribution in [1.29, 1.82) is 0 Å². The van der Waals surface area contributed by atoms with Crippen LogP contribution in [-0.2, 0) is 6.42 Å². The fraction of sp³-hybridized carbons (Fsp3) is 0.200. The summed E-state index contributed by atoms with van der Waals surface area (Å²) in [4.78, 5) is 0. The predicted octanol–water partition coefficient (Wildman–Crippen LogP) is 3.40. The summed E-state index contributed by atoms with van der Waals surface area (Å²) in [7, 11) is 0. The molecule has 0 saturated heterocycles. The van der Waals surface area contributed by atoms with Crippen LogP contribution in [0.4, 0.5) is 0 Å². The average molecular weight is 211 g/mol. The minimum absolute atomic E-state index is 0.362. The number of hydrogen-bond donors (Lipinski definition) is 1. The molecule has 0 aliphatic rings. The molecule has 1 nitrogen and oxygen atoms in total. The lowest BCUT2D eigenvalue weighted by Crippen LogP contribution is -1.90. The predicted molar refractivity (Wildman–Crippen MR) is 65.7 cm³/mol. The van der Waals surface area contributed by atoms with Gasteiger partial charge in [-0.1, -0.05) is 41.5 Å². The van der Waals surface area contributed by atoms with E-state index in [0.29, 0.717) is 5.75 Å². The van der Waals surface area contributed by atoms with E-state index >= 15 is 0 Å². The maximum absolute atomic E-state index is 9.75. The highest BCUT2D eigenvalue weighted by Crippen LogP contribution is 2.21. The van der Waals surface area contributed by atoms with Gasteiger partial charge in [0.15, 0.2) is 0 Å². The number of hydrogen-bond acceptors (Lipinski definition) is 1. The van der Waals surface area contributed by atoms with Crippen LogP contribution < -0.4 is 0 Å². The van der Waals surface area contributed by atoms with Crippen LogP contribution in [0, 0.1) is 19.9 Å². The highest BCUT2D eigenvalue weighted by molar-refractivity contribution is 5.39. The number of benzene rings is 2. The number of phenolic OH excluding ortho intramolecular Hbond substituents is 1. The molecule has 0 atom stereocenters. The summed E-state index contributed by atoms with van der Waals surface area (Å²) in [5.74, 6) is 0.362. The Labute approximate surface area is 96.4 Å². The molecule has 0 spiro atoms. The van der Waals surface area contributed by atoms with Gasteiger partial charge in [0.25, 0.3) is 0 Å². The molecule has 2 aromatic carbocycles. The maximum Gasteiger partial charge on any atom is 0.119 e. The van der Waals surface area contributed by atoms with E-state index in [-0.39, 0.29) is 0 Å². The molecule has 1 heteroatoms. The first-order valence-electron chi connectivity index (χ1n) is 5.41. The van der Waals surface area contributed by atoms with Gasteiger partial charge in [-0.3, -0.25) is 0 Å². The molecular formula is C15H15O. The molecule has 1 radical (unpaired) electrons. The van der Waals surface area contributed by atoms with Crippen molar-refractivity contribution < 1.29 is 5.11 Å². The van der Waals surface area contributed by atoms with Crippen LogP contribution in [0.3, 0.4) is 0 Å². The van der Waals surface area contributed by atoms with Gasteiger partial charge in [0, 0.05) is 6.42 Å². The van der Waals surface area contributed by atoms with Crippen molar-refractivity contribution in [3.05, 3.63) is 64.7 Å². The van der Waals surface area contributed by atoms with Crippen LogP contribution >= 0.6 is 0 Å². The number of aromatic hydroxyl groups is 1. The van der Waals surface area contributed by atoms with E-state index in [4.69, 9.17) is 0 Å². The van der Waals surface area contributed by atoms with Crippen molar-refractivity contribution in [2.45, 2.75) is 20.3 Å². The maximum atomic E-state index is 9.75. The van der Waals surface area contributed by atoms with Crippen molar-refractivity contribution in [1.82, 2.24) is 0 Å². The summed E-state index contributed by atoms with van der Waals surface area (Å²) < 4.78 is 0. The van der Waals surface area contributed by atoms with E-state index in [1.54, 1.807) is 6.07 Å². The number of aryl methyl sites for hydroxylation is 2. The van der Waals surface area contributed by atoms with Crippen molar-refractivity contribution in [3.8, 4) is 5.75 Å². The zero-order chi connectivity index (χ0) is 11.5. The van der Waals surface area contributed by atoms with Gasteiger partial charge in [-0.2, -0.15) is 0 Å². The third-order valence-corrected chi connectivity index (χ3v) is 2.63. The first-order chi connectivity index (χ1) is 7.65. The monoisotopic (exact) mass is 211 g/mol. The normalized spacial score (nSPS) is 10.4. The quantitative estimate of drug-likeness (QED) is 0.807. The Kier molecular flexibility index (Phi) is 2.95. The Morgan fingerprint density at radius 3 is 2.56 bits per heavy atom. The zero-order valence-electron chi connectivity index (χ0n) is 9.62. The van der Waals surface area contributed by atoms with E-state index in [1.807, 2.05) is 31.2 Å². The highest BCUT2D eigenvalue weighted by Gasteiger charge is 2.03. The van der Waals surface area contributed by atoms with Crippen molar-refractivity contribution >= 4 is 0 Å². The molecule has 0 saturated carbocycles. The van der Waals surface area contributed by atoms with E-state index in [1.165, 1.54) is 11.1 Å². The summed E-state index contributed by atoms with van der Waals surface area (Å²) in [5, 5.41) is 9.75. The lowest BCUT2D eigenvalue weighted by atomic mass is 10.0. The van der Waals surface area contributed by atoms with Gasteiger partial charge in [-0.05, 0) is 37.1 Å². The molecule has 1 N–H and O–H groups in total. The highest BCUT2D eigenvalue weighted by atomic mass is 16.3. The Morgan fingerprint density at radius 2 is 1.81 bits per heavy atom. The van der Waals surface area contributed by atoms with E-state index in [2.05, 4.69) is 19.1 Å². The van der Waals surface area contributed by atoms with Crippen LogP contribution in [0.15, 0.2) is 36.4 Å². The largest absolute Gasteiger partial charge is 0.508 e. The summed E-state index contributed by atoms with van der Waals surface area (Å²) in [6.45, 7) is 4.09. The fourth-order valence-electron chi connectivity index (χ4n) is 1.81. The molecule has 16 heavy (non-hydrogen) atoms. The fourth-order valence-corrected chi connectivity index (χ4v) is 1.81. The van der Waals surface area contributed by atoms with Gasteiger partial charge < -0.3 is 5.11 Å². The van der Waals surface area contributed by atoms with Crippen LogP contribution in [0.1, 0.15) is 22.3 Å². The van der Waals surface area contributed by atoms with Gasteiger partial charge >= 0.3 is 0 Å². The van der Waals surface area contributed by atoms with Crippen LogP contribution in [0.2, 0.25) is 0 Å². The summed E-state index contributed by atoms with van der Waals surface area (Å²) in [6.07, 6.45) is 0.731. The SMILES string of the molecule is Cc1cc[c]c(Cc2cc(C)ccc2O)c1. The molecular weight excluding hydrogens is 196 g/mol. The molecule has 0 amide bonds. The number of rotatable bonds is 2. The third-order valence-electron chi connectivity index (χ3n) is 2.63. The molecule has 0 unspecified atom stereocenters. The van der Waals surface area contributed by atoms with Crippen LogP contribution in [0.5, 0.6) is 5.75 Å². The Balaban J connectivity index is 2.30. The van der Waals surface area contributed by atoms with Crippen molar-refractivity contribution in [3.63, 3.8) is 0 Å². The standard InChI is InChI=1S/C15H15O/c1-11-4-3-5-13(8-11)10-14-9-12(2)6-7-15(14)16/h3-4,6-9,16H,10H2,1-2H3. The molecule has 81 valence electrons. The molecule has 0 bridgehead atoms. The van der Waals surface area contributed by atoms with Crippen molar-refractivity contribution in [2.75, 3.05) is 0 Å². The lowest BCUT2D eigenvalue weighted by molar-refractivity contribution is 0.469. The smallest absolute Gasteiger partial charge is 0.119 e. The number of phenols is 1. The molecule has 0 heterocycles. The topological polar surface area (TPSA) is 20.2 Å². The van der Waals surface area contributed by atoms with E-state index < -0.39 is 0 Å². The van der Waals surface area contributed by atoms with E-state index in [9.17, 15) is 5.11 Å². The second kappa shape index (κ2) is 4.40. The van der Waals surface area contributed by atoms with E-state index in [0.717, 1.165) is 17.5 Å². The Bertz CT molecular complexity index is 501. The molecule has 0 aliphatic heterocycles. The third kappa shape index (κ3) is 2.43. The molecule has 0 aliphatic carbocycles. The first-order valence-corrected chi connectivity index (χ1v) is 5.41. The first kappa shape index (κ1) is 10.7. The minimum Gasteiger partial charge on any atom is -0.508 e. The summed E-state index contributed by atoms with van der Waals surface area (Å²) in [5.41, 5.74) is 4.46. The Hall–Kier alpha value is -1.76. The van der Waals surface area contributed by atoms with Crippen LogP contribution in [0.25, 0.3) is 0 Å². The second-order valence-corrected chi connectivity index (χ2v) is 4.20. The lowest BCUT2D eigenvalue weighted by Gasteiger charge is -2.06. The molecule has 2 rings (SSSR count).